The van der Waals surface area contributed by atoms with Gasteiger partial charge in [0.2, 0.25) is 0 Å². The molecule has 19 heavy (non-hydrogen) atoms. The topological polar surface area (TPSA) is 29.3 Å². The van der Waals surface area contributed by atoms with E-state index in [-0.39, 0.29) is 0 Å². The van der Waals surface area contributed by atoms with Gasteiger partial charge >= 0.3 is 0 Å². The summed E-state index contributed by atoms with van der Waals surface area (Å²) in [6.45, 7) is 12.1. The molecule has 0 amide bonds. The monoisotopic (exact) mass is 266 g/mol. The molecule has 0 aromatic heterocycles. The summed E-state index contributed by atoms with van der Waals surface area (Å²) in [5.41, 5.74) is 6.49. The highest BCUT2D eigenvalue weighted by Gasteiger charge is 2.36. The Labute approximate surface area is 120 Å². The number of hydrogen-bond acceptors (Lipinski definition) is 2. The van der Waals surface area contributed by atoms with Gasteiger partial charge in [-0.05, 0) is 68.9 Å². The SMILES string of the molecule is CC1CC(C)C(N2CCCC(C(C)C)CC2)C(N)C1. The molecule has 112 valence electrons. The summed E-state index contributed by atoms with van der Waals surface area (Å²) in [5.74, 6) is 3.36. The van der Waals surface area contributed by atoms with Gasteiger partial charge in [-0.3, -0.25) is 4.90 Å². The van der Waals surface area contributed by atoms with Gasteiger partial charge in [0.15, 0.2) is 0 Å². The summed E-state index contributed by atoms with van der Waals surface area (Å²) < 4.78 is 0. The molecule has 0 spiro atoms. The van der Waals surface area contributed by atoms with Crippen LogP contribution in [0.15, 0.2) is 0 Å². The molecule has 0 aromatic rings. The molecule has 2 heteroatoms. The fourth-order valence-corrected chi connectivity index (χ4v) is 4.64. The Morgan fingerprint density at radius 1 is 1.05 bits per heavy atom. The summed E-state index contributed by atoms with van der Waals surface area (Å²) in [4.78, 5) is 2.74. The highest BCUT2D eigenvalue weighted by molar-refractivity contribution is 4.93. The van der Waals surface area contributed by atoms with Gasteiger partial charge < -0.3 is 5.73 Å². The van der Waals surface area contributed by atoms with Crippen LogP contribution < -0.4 is 5.73 Å². The van der Waals surface area contributed by atoms with Crippen LogP contribution in [0.3, 0.4) is 0 Å². The lowest BCUT2D eigenvalue weighted by atomic mass is 9.76. The Balaban J connectivity index is 1.97. The van der Waals surface area contributed by atoms with Crippen molar-refractivity contribution in [2.75, 3.05) is 13.1 Å². The molecule has 1 saturated carbocycles. The van der Waals surface area contributed by atoms with E-state index in [0.29, 0.717) is 12.1 Å². The van der Waals surface area contributed by atoms with E-state index in [9.17, 15) is 0 Å². The molecule has 1 aliphatic carbocycles. The number of nitrogens with two attached hydrogens (primary N) is 1. The molecular weight excluding hydrogens is 232 g/mol. The zero-order chi connectivity index (χ0) is 14.0. The second-order valence-corrected chi connectivity index (χ2v) is 7.68. The van der Waals surface area contributed by atoms with Gasteiger partial charge in [0.05, 0.1) is 0 Å². The van der Waals surface area contributed by atoms with Crippen LogP contribution in [0.2, 0.25) is 0 Å². The van der Waals surface area contributed by atoms with Crippen LogP contribution in [0.5, 0.6) is 0 Å². The Morgan fingerprint density at radius 2 is 1.79 bits per heavy atom. The first-order valence-corrected chi connectivity index (χ1v) is 8.48. The Morgan fingerprint density at radius 3 is 2.42 bits per heavy atom. The van der Waals surface area contributed by atoms with E-state index in [1.807, 2.05) is 0 Å². The molecule has 1 heterocycles. The molecule has 5 atom stereocenters. The molecule has 2 N–H and O–H groups in total. The van der Waals surface area contributed by atoms with Crippen molar-refractivity contribution in [1.82, 2.24) is 4.90 Å². The molecule has 2 nitrogen and oxygen atoms in total. The van der Waals surface area contributed by atoms with Crippen LogP contribution >= 0.6 is 0 Å². The minimum absolute atomic E-state index is 0.398. The van der Waals surface area contributed by atoms with Gasteiger partial charge in [0, 0.05) is 12.1 Å². The van der Waals surface area contributed by atoms with Gasteiger partial charge in [-0.15, -0.1) is 0 Å². The largest absolute Gasteiger partial charge is 0.326 e. The van der Waals surface area contributed by atoms with Crippen LogP contribution in [0.4, 0.5) is 0 Å². The van der Waals surface area contributed by atoms with E-state index in [1.54, 1.807) is 0 Å². The Kier molecular flexibility index (Phi) is 5.30. The molecule has 2 fully saturated rings. The van der Waals surface area contributed by atoms with E-state index < -0.39 is 0 Å². The summed E-state index contributed by atoms with van der Waals surface area (Å²) in [7, 11) is 0. The summed E-state index contributed by atoms with van der Waals surface area (Å²) in [6, 6.07) is 1.04. The average molecular weight is 266 g/mol. The molecular formula is C17H34N2. The standard InChI is InChI=1S/C17H34N2/c1-12(2)15-6-5-8-19(9-7-15)17-14(4)10-13(3)11-16(17)18/h12-17H,5-11,18H2,1-4H3. The molecule has 0 radical (unpaired) electrons. The quantitative estimate of drug-likeness (QED) is 0.829. The minimum atomic E-state index is 0.398. The normalized spacial score (nSPS) is 42.3. The number of likely N-dealkylation sites (tertiary alicyclic amines) is 1. The van der Waals surface area contributed by atoms with Gasteiger partial charge in [-0.2, -0.15) is 0 Å². The lowest BCUT2D eigenvalue weighted by Crippen LogP contribution is -2.55. The highest BCUT2D eigenvalue weighted by atomic mass is 15.2. The van der Waals surface area contributed by atoms with Crippen molar-refractivity contribution >= 4 is 0 Å². The maximum absolute atomic E-state index is 6.49. The second-order valence-electron chi connectivity index (χ2n) is 7.68. The number of rotatable bonds is 2. The fraction of sp³-hybridized carbons (Fsp3) is 1.00. The molecule has 1 aliphatic heterocycles. The zero-order valence-electron chi connectivity index (χ0n) is 13.4. The lowest BCUT2D eigenvalue weighted by molar-refractivity contribution is 0.0766. The Bertz CT molecular complexity index is 264. The first kappa shape index (κ1) is 15.3. The third kappa shape index (κ3) is 3.72. The smallest absolute Gasteiger partial charge is 0.0272 e. The zero-order valence-corrected chi connectivity index (χ0v) is 13.4. The van der Waals surface area contributed by atoms with Crippen LogP contribution in [0, 0.1) is 23.7 Å². The summed E-state index contributed by atoms with van der Waals surface area (Å²) in [6.07, 6.45) is 6.75. The highest BCUT2D eigenvalue weighted by Crippen LogP contribution is 2.34. The van der Waals surface area contributed by atoms with Crippen LogP contribution in [0.25, 0.3) is 0 Å². The number of hydrogen-bond donors (Lipinski definition) is 1. The van der Waals surface area contributed by atoms with Crippen molar-refractivity contribution in [1.29, 1.82) is 0 Å². The third-order valence-corrected chi connectivity index (χ3v) is 5.64. The predicted molar refractivity (Wildman–Crippen MR) is 83.1 cm³/mol. The first-order valence-electron chi connectivity index (χ1n) is 8.48. The van der Waals surface area contributed by atoms with Gasteiger partial charge in [0.1, 0.15) is 0 Å². The van der Waals surface area contributed by atoms with Gasteiger partial charge in [-0.1, -0.05) is 27.7 Å². The fourth-order valence-electron chi connectivity index (χ4n) is 4.64. The van der Waals surface area contributed by atoms with Crippen LogP contribution in [-0.2, 0) is 0 Å². The van der Waals surface area contributed by atoms with Crippen LogP contribution in [0.1, 0.15) is 59.8 Å². The minimum Gasteiger partial charge on any atom is -0.326 e. The van der Waals surface area contributed by atoms with Crippen molar-refractivity contribution in [3.8, 4) is 0 Å². The van der Waals surface area contributed by atoms with Gasteiger partial charge in [-0.25, -0.2) is 0 Å². The van der Waals surface area contributed by atoms with Gasteiger partial charge in [0.25, 0.3) is 0 Å². The van der Waals surface area contributed by atoms with E-state index >= 15 is 0 Å². The molecule has 1 saturated heterocycles. The second kappa shape index (κ2) is 6.58. The van der Waals surface area contributed by atoms with Crippen LogP contribution in [-0.4, -0.2) is 30.1 Å². The average Bonchev–Trinajstić information content (AvgIpc) is 2.53. The van der Waals surface area contributed by atoms with Crippen molar-refractivity contribution < 1.29 is 0 Å². The molecule has 2 aliphatic rings. The molecule has 0 bridgehead atoms. The van der Waals surface area contributed by atoms with E-state index in [4.69, 9.17) is 5.73 Å². The summed E-state index contributed by atoms with van der Waals surface area (Å²) in [5, 5.41) is 0. The molecule has 2 rings (SSSR count). The van der Waals surface area contributed by atoms with Crippen molar-refractivity contribution in [2.24, 2.45) is 29.4 Å². The summed E-state index contributed by atoms with van der Waals surface area (Å²) >= 11 is 0. The van der Waals surface area contributed by atoms with E-state index in [1.165, 1.54) is 45.2 Å². The third-order valence-electron chi connectivity index (χ3n) is 5.64. The molecule has 0 aromatic carbocycles. The predicted octanol–water partition coefficient (Wildman–Crippen LogP) is 3.51. The maximum Gasteiger partial charge on any atom is 0.0272 e. The van der Waals surface area contributed by atoms with E-state index in [2.05, 4.69) is 32.6 Å². The molecule has 5 unspecified atom stereocenters. The Hall–Kier alpha value is -0.0800. The van der Waals surface area contributed by atoms with Crippen molar-refractivity contribution in [3.05, 3.63) is 0 Å². The maximum atomic E-state index is 6.49. The first-order chi connectivity index (χ1) is 8.99. The number of nitrogens with zero attached hydrogens (tertiary/aromatic N) is 1. The van der Waals surface area contributed by atoms with Crippen molar-refractivity contribution in [2.45, 2.75) is 71.9 Å². The van der Waals surface area contributed by atoms with E-state index in [0.717, 1.165) is 23.7 Å². The lowest BCUT2D eigenvalue weighted by Gasteiger charge is -2.44. The van der Waals surface area contributed by atoms with Crippen molar-refractivity contribution in [3.63, 3.8) is 0 Å².